The number of rotatable bonds is 3. The molecule has 2 saturated carbocycles. The fraction of sp³-hybridized carbons (Fsp3) is 0.846. The molecule has 0 aromatic heterocycles. The standard InChI is InChI=1S/C13H20N2O/c1-15(9-11-5-3-2-4-6-11)12(16)13(10-14)7-8-13/h11H,2-9H2,1H3. The molecule has 0 aromatic rings. The van der Waals surface area contributed by atoms with Crippen LogP contribution in [0.5, 0.6) is 0 Å². The molecule has 0 atom stereocenters. The summed E-state index contributed by atoms with van der Waals surface area (Å²) >= 11 is 0. The Morgan fingerprint density at radius 3 is 2.50 bits per heavy atom. The van der Waals surface area contributed by atoms with Crippen LogP contribution in [-0.2, 0) is 4.79 Å². The van der Waals surface area contributed by atoms with Gasteiger partial charge in [0.1, 0.15) is 5.41 Å². The first-order chi connectivity index (χ1) is 7.68. The lowest BCUT2D eigenvalue weighted by molar-refractivity contribution is -0.134. The third kappa shape index (κ3) is 2.21. The molecule has 0 saturated heterocycles. The highest BCUT2D eigenvalue weighted by molar-refractivity contribution is 5.88. The van der Waals surface area contributed by atoms with Crippen LogP contribution in [-0.4, -0.2) is 24.4 Å². The van der Waals surface area contributed by atoms with Crippen molar-refractivity contribution in [3.8, 4) is 6.07 Å². The highest BCUT2D eigenvalue weighted by Gasteiger charge is 2.52. The van der Waals surface area contributed by atoms with Crippen molar-refractivity contribution in [1.82, 2.24) is 4.90 Å². The predicted octanol–water partition coefficient (Wildman–Crippen LogP) is 2.33. The zero-order valence-electron chi connectivity index (χ0n) is 10.0. The van der Waals surface area contributed by atoms with Crippen molar-refractivity contribution in [3.63, 3.8) is 0 Å². The lowest BCUT2D eigenvalue weighted by atomic mass is 9.89. The van der Waals surface area contributed by atoms with E-state index < -0.39 is 5.41 Å². The van der Waals surface area contributed by atoms with Crippen molar-refractivity contribution in [3.05, 3.63) is 0 Å². The van der Waals surface area contributed by atoms with Crippen LogP contribution >= 0.6 is 0 Å². The van der Waals surface area contributed by atoms with Gasteiger partial charge in [0.15, 0.2) is 0 Å². The van der Waals surface area contributed by atoms with E-state index in [1.54, 1.807) is 4.90 Å². The Kier molecular flexibility index (Phi) is 3.18. The Balaban J connectivity index is 1.85. The highest BCUT2D eigenvalue weighted by Crippen LogP contribution is 2.46. The fourth-order valence-corrected chi connectivity index (χ4v) is 2.70. The summed E-state index contributed by atoms with van der Waals surface area (Å²) in [6.45, 7) is 0.849. The summed E-state index contributed by atoms with van der Waals surface area (Å²) in [7, 11) is 1.86. The number of carbonyl (C=O) groups is 1. The quantitative estimate of drug-likeness (QED) is 0.732. The summed E-state index contributed by atoms with van der Waals surface area (Å²) in [5, 5.41) is 8.98. The van der Waals surface area contributed by atoms with E-state index in [1.165, 1.54) is 32.1 Å². The van der Waals surface area contributed by atoms with Gasteiger partial charge in [-0.05, 0) is 31.6 Å². The van der Waals surface area contributed by atoms with Crippen molar-refractivity contribution in [2.45, 2.75) is 44.9 Å². The summed E-state index contributed by atoms with van der Waals surface area (Å²) in [6, 6.07) is 2.18. The SMILES string of the molecule is CN(CC1CCCCC1)C(=O)C1(C#N)CC1. The summed E-state index contributed by atoms with van der Waals surface area (Å²) in [4.78, 5) is 13.8. The first kappa shape index (κ1) is 11.4. The molecule has 16 heavy (non-hydrogen) atoms. The van der Waals surface area contributed by atoms with Crippen molar-refractivity contribution in [1.29, 1.82) is 5.26 Å². The van der Waals surface area contributed by atoms with E-state index in [0.29, 0.717) is 5.92 Å². The topological polar surface area (TPSA) is 44.1 Å². The second-order valence-electron chi connectivity index (χ2n) is 5.38. The molecule has 0 heterocycles. The fourth-order valence-electron chi connectivity index (χ4n) is 2.70. The predicted molar refractivity (Wildman–Crippen MR) is 61.5 cm³/mol. The third-order valence-electron chi connectivity index (χ3n) is 3.98. The normalized spacial score (nSPS) is 23.5. The molecule has 1 amide bonds. The van der Waals surface area contributed by atoms with E-state index in [4.69, 9.17) is 5.26 Å². The maximum atomic E-state index is 12.0. The van der Waals surface area contributed by atoms with E-state index in [1.807, 2.05) is 7.05 Å². The third-order valence-corrected chi connectivity index (χ3v) is 3.98. The van der Waals surface area contributed by atoms with Crippen LogP contribution < -0.4 is 0 Å². The van der Waals surface area contributed by atoms with Crippen LogP contribution in [0.3, 0.4) is 0 Å². The van der Waals surface area contributed by atoms with E-state index in [0.717, 1.165) is 19.4 Å². The van der Waals surface area contributed by atoms with Gasteiger partial charge in [-0.3, -0.25) is 4.79 Å². The lowest BCUT2D eigenvalue weighted by Gasteiger charge is -2.28. The van der Waals surface area contributed by atoms with Crippen molar-refractivity contribution in [2.24, 2.45) is 11.3 Å². The van der Waals surface area contributed by atoms with Crippen LogP contribution in [0.1, 0.15) is 44.9 Å². The molecule has 2 aliphatic rings. The second kappa shape index (κ2) is 4.45. The number of nitrogens with zero attached hydrogens (tertiary/aromatic N) is 2. The van der Waals surface area contributed by atoms with Gasteiger partial charge in [0, 0.05) is 13.6 Å². The van der Waals surface area contributed by atoms with Gasteiger partial charge in [-0.15, -0.1) is 0 Å². The molecule has 0 aromatic carbocycles. The largest absolute Gasteiger partial charge is 0.344 e. The molecule has 3 nitrogen and oxygen atoms in total. The van der Waals surface area contributed by atoms with Crippen LogP contribution in [0.2, 0.25) is 0 Å². The minimum absolute atomic E-state index is 0.0561. The molecular formula is C13H20N2O. The Morgan fingerprint density at radius 1 is 1.38 bits per heavy atom. The van der Waals surface area contributed by atoms with Gasteiger partial charge >= 0.3 is 0 Å². The molecule has 0 aliphatic heterocycles. The summed E-state index contributed by atoms with van der Waals surface area (Å²) in [6.07, 6.45) is 7.96. The van der Waals surface area contributed by atoms with Crippen LogP contribution in [0.15, 0.2) is 0 Å². The maximum absolute atomic E-state index is 12.0. The van der Waals surface area contributed by atoms with Crippen LogP contribution in [0.25, 0.3) is 0 Å². The van der Waals surface area contributed by atoms with Gasteiger partial charge in [0.2, 0.25) is 5.91 Å². The van der Waals surface area contributed by atoms with Crippen molar-refractivity contribution in [2.75, 3.05) is 13.6 Å². The van der Waals surface area contributed by atoms with E-state index in [-0.39, 0.29) is 5.91 Å². The van der Waals surface area contributed by atoms with E-state index in [9.17, 15) is 4.79 Å². The van der Waals surface area contributed by atoms with Crippen molar-refractivity contribution < 1.29 is 4.79 Å². The summed E-state index contributed by atoms with van der Waals surface area (Å²) < 4.78 is 0. The van der Waals surface area contributed by atoms with Gasteiger partial charge in [-0.2, -0.15) is 5.26 Å². The smallest absolute Gasteiger partial charge is 0.242 e. The molecule has 2 rings (SSSR count). The average Bonchev–Trinajstić information content (AvgIpc) is 3.10. The second-order valence-corrected chi connectivity index (χ2v) is 5.38. The molecule has 2 aliphatic carbocycles. The highest BCUT2D eigenvalue weighted by atomic mass is 16.2. The van der Waals surface area contributed by atoms with Gasteiger partial charge in [0.25, 0.3) is 0 Å². The molecular weight excluding hydrogens is 200 g/mol. The molecule has 88 valence electrons. The average molecular weight is 220 g/mol. The van der Waals surface area contributed by atoms with E-state index in [2.05, 4.69) is 6.07 Å². The number of nitriles is 1. The van der Waals surface area contributed by atoms with Crippen LogP contribution in [0, 0.1) is 22.7 Å². The number of amides is 1. The Morgan fingerprint density at radius 2 is 2.00 bits per heavy atom. The molecule has 0 radical (unpaired) electrons. The molecule has 2 fully saturated rings. The van der Waals surface area contributed by atoms with Gasteiger partial charge < -0.3 is 4.90 Å². The first-order valence-corrected chi connectivity index (χ1v) is 6.35. The summed E-state index contributed by atoms with van der Waals surface area (Å²) in [5.41, 5.74) is -0.635. The van der Waals surface area contributed by atoms with Gasteiger partial charge in [0.05, 0.1) is 6.07 Å². The lowest BCUT2D eigenvalue weighted by Crippen LogP contribution is -2.37. The number of carbonyl (C=O) groups excluding carboxylic acids is 1. The zero-order valence-corrected chi connectivity index (χ0v) is 10.0. The van der Waals surface area contributed by atoms with Crippen LogP contribution in [0.4, 0.5) is 0 Å². The number of hydrogen-bond acceptors (Lipinski definition) is 2. The maximum Gasteiger partial charge on any atom is 0.242 e. The Bertz CT molecular complexity index is 308. The monoisotopic (exact) mass is 220 g/mol. The molecule has 0 spiro atoms. The first-order valence-electron chi connectivity index (χ1n) is 6.35. The molecule has 0 N–H and O–H groups in total. The number of hydrogen-bond donors (Lipinski definition) is 0. The molecule has 3 heteroatoms. The molecule has 0 bridgehead atoms. The van der Waals surface area contributed by atoms with Gasteiger partial charge in [-0.25, -0.2) is 0 Å². The van der Waals surface area contributed by atoms with Crippen molar-refractivity contribution >= 4 is 5.91 Å². The van der Waals surface area contributed by atoms with E-state index >= 15 is 0 Å². The zero-order chi connectivity index (χ0) is 11.6. The Labute approximate surface area is 97.4 Å². The summed E-state index contributed by atoms with van der Waals surface area (Å²) in [5.74, 6) is 0.720. The molecule has 0 unspecified atom stereocenters. The van der Waals surface area contributed by atoms with Gasteiger partial charge in [-0.1, -0.05) is 19.3 Å². The minimum Gasteiger partial charge on any atom is -0.344 e. The minimum atomic E-state index is -0.635. The Hall–Kier alpha value is -1.04.